The van der Waals surface area contributed by atoms with E-state index in [2.05, 4.69) is 5.59 Å². The molecule has 0 saturated heterocycles. The predicted molar refractivity (Wildman–Crippen MR) is 68.5 cm³/mol. The number of rotatable bonds is 5. The average molecular weight is 265 g/mol. The third kappa shape index (κ3) is 2.65. The molecule has 0 aliphatic carbocycles. The van der Waals surface area contributed by atoms with Crippen molar-refractivity contribution in [3.63, 3.8) is 0 Å². The minimum Gasteiger partial charge on any atom is -0.386 e. The van der Waals surface area contributed by atoms with Gasteiger partial charge in [0.05, 0.1) is 4.92 Å². The summed E-state index contributed by atoms with van der Waals surface area (Å²) in [6.07, 6.45) is 3.04. The lowest BCUT2D eigenvalue weighted by Gasteiger charge is -2.13. The molecule has 0 atom stereocenters. The lowest BCUT2D eigenvalue weighted by atomic mass is 10.2. The van der Waals surface area contributed by atoms with Crippen LogP contribution in [0, 0.1) is 10.1 Å². The number of carbonyl (C=O) groups excluding carboxylic acids is 1. The largest absolute Gasteiger partial charge is 0.386 e. The van der Waals surface area contributed by atoms with E-state index < -0.39 is 4.92 Å². The number of hydrazine groups is 1. The van der Waals surface area contributed by atoms with Crippen LogP contribution in [0.25, 0.3) is 0 Å². The Morgan fingerprint density at radius 2 is 2.26 bits per heavy atom. The van der Waals surface area contributed by atoms with Crippen molar-refractivity contribution >= 4 is 17.3 Å². The van der Waals surface area contributed by atoms with E-state index in [-0.39, 0.29) is 23.0 Å². The number of para-hydroxylation sites is 1. The van der Waals surface area contributed by atoms with Crippen molar-refractivity contribution in [1.82, 2.24) is 5.59 Å². The van der Waals surface area contributed by atoms with E-state index in [1.54, 1.807) is 6.07 Å². The summed E-state index contributed by atoms with van der Waals surface area (Å²) < 4.78 is 0. The van der Waals surface area contributed by atoms with Crippen LogP contribution in [-0.4, -0.2) is 10.8 Å². The fraction of sp³-hybridized carbons (Fsp3) is 0.417. The number of nitrogens with one attached hydrogen (secondary N) is 1. The standard InChI is InChI=1S/C12H15N3O4/c1-2-3-4-8-11(16)14-12-9(15(17)18)6-5-7-10(12)19-13-14/h5-7,13H,2-4,8H2,1H3. The summed E-state index contributed by atoms with van der Waals surface area (Å²) in [6.45, 7) is 2.04. The summed E-state index contributed by atoms with van der Waals surface area (Å²) in [6, 6.07) is 4.44. The number of nitrogens with zero attached hydrogens (tertiary/aromatic N) is 2. The van der Waals surface area contributed by atoms with Gasteiger partial charge >= 0.3 is 0 Å². The molecule has 1 aromatic carbocycles. The molecular weight excluding hydrogens is 250 g/mol. The topological polar surface area (TPSA) is 84.7 Å². The Balaban J connectivity index is 2.20. The molecule has 1 aromatic rings. The maximum Gasteiger partial charge on any atom is 0.298 e. The van der Waals surface area contributed by atoms with Crippen LogP contribution < -0.4 is 15.4 Å². The highest BCUT2D eigenvalue weighted by Gasteiger charge is 2.33. The Labute approximate surface area is 110 Å². The number of carbonyl (C=O) groups is 1. The monoisotopic (exact) mass is 265 g/mol. The van der Waals surface area contributed by atoms with Crippen molar-refractivity contribution in [1.29, 1.82) is 0 Å². The van der Waals surface area contributed by atoms with Gasteiger partial charge in [0.1, 0.15) is 0 Å². The molecule has 0 aromatic heterocycles. The number of amides is 1. The third-order valence-electron chi connectivity index (χ3n) is 2.89. The smallest absolute Gasteiger partial charge is 0.298 e. The van der Waals surface area contributed by atoms with Crippen molar-refractivity contribution < 1.29 is 14.6 Å². The van der Waals surface area contributed by atoms with E-state index in [9.17, 15) is 14.9 Å². The predicted octanol–water partition coefficient (Wildman–Crippen LogP) is 2.32. The van der Waals surface area contributed by atoms with Crippen molar-refractivity contribution in [2.45, 2.75) is 32.6 Å². The second-order valence-electron chi connectivity index (χ2n) is 4.26. The zero-order valence-electron chi connectivity index (χ0n) is 10.6. The summed E-state index contributed by atoms with van der Waals surface area (Å²) in [5.74, 6) is 0.0551. The molecule has 102 valence electrons. The molecule has 0 spiro atoms. The maximum atomic E-state index is 12.0. The molecule has 1 N–H and O–H groups in total. The highest BCUT2D eigenvalue weighted by molar-refractivity contribution is 5.97. The SMILES string of the molecule is CCCCCC(=O)N1NOc2cccc([N+](=O)[O-])c21. The summed E-state index contributed by atoms with van der Waals surface area (Å²) >= 11 is 0. The van der Waals surface area contributed by atoms with Gasteiger partial charge in [-0.1, -0.05) is 31.4 Å². The van der Waals surface area contributed by atoms with Crippen LogP contribution in [0.15, 0.2) is 18.2 Å². The zero-order valence-corrected chi connectivity index (χ0v) is 10.6. The molecule has 1 aliphatic heterocycles. The summed E-state index contributed by atoms with van der Waals surface area (Å²) in [4.78, 5) is 27.5. The van der Waals surface area contributed by atoms with Crippen LogP contribution in [0.4, 0.5) is 11.4 Å². The Kier molecular flexibility index (Phi) is 3.96. The van der Waals surface area contributed by atoms with E-state index in [1.165, 1.54) is 12.1 Å². The van der Waals surface area contributed by atoms with Gasteiger partial charge in [0.2, 0.25) is 5.91 Å². The number of unbranched alkanes of at least 4 members (excludes halogenated alkanes) is 2. The second-order valence-corrected chi connectivity index (χ2v) is 4.26. The van der Waals surface area contributed by atoms with Gasteiger partial charge in [0.25, 0.3) is 5.69 Å². The van der Waals surface area contributed by atoms with E-state index in [4.69, 9.17) is 4.84 Å². The van der Waals surface area contributed by atoms with Gasteiger partial charge in [-0.2, -0.15) is 0 Å². The summed E-state index contributed by atoms with van der Waals surface area (Å²) in [5, 5.41) is 12.1. The van der Waals surface area contributed by atoms with Gasteiger partial charge in [-0.3, -0.25) is 14.9 Å². The molecular formula is C12H15N3O4. The third-order valence-corrected chi connectivity index (χ3v) is 2.89. The van der Waals surface area contributed by atoms with Crippen LogP contribution >= 0.6 is 0 Å². The Hall–Kier alpha value is -2.15. The number of nitro benzene ring substituents is 1. The zero-order chi connectivity index (χ0) is 13.8. The second kappa shape index (κ2) is 5.66. The van der Waals surface area contributed by atoms with Crippen LogP contribution in [-0.2, 0) is 4.79 Å². The lowest BCUT2D eigenvalue weighted by molar-refractivity contribution is -0.384. The van der Waals surface area contributed by atoms with Crippen molar-refractivity contribution in [2.24, 2.45) is 0 Å². The molecule has 1 amide bonds. The number of nitro groups is 1. The normalized spacial score (nSPS) is 13.0. The highest BCUT2D eigenvalue weighted by atomic mass is 16.7. The number of hydrogen-bond acceptors (Lipinski definition) is 5. The molecule has 0 radical (unpaired) electrons. The average Bonchev–Trinajstić information content (AvgIpc) is 2.82. The quantitative estimate of drug-likeness (QED) is 0.501. The van der Waals surface area contributed by atoms with Gasteiger partial charge in [0, 0.05) is 12.5 Å². The van der Waals surface area contributed by atoms with Gasteiger partial charge < -0.3 is 4.84 Å². The first-order valence-corrected chi connectivity index (χ1v) is 6.18. The minimum atomic E-state index is -0.526. The van der Waals surface area contributed by atoms with Gasteiger partial charge in [-0.25, -0.2) is 5.01 Å². The number of fused-ring (bicyclic) bond motifs is 1. The van der Waals surface area contributed by atoms with Crippen molar-refractivity contribution in [3.8, 4) is 5.75 Å². The Morgan fingerprint density at radius 1 is 1.47 bits per heavy atom. The molecule has 2 rings (SSSR count). The minimum absolute atomic E-state index is 0.147. The summed E-state index contributed by atoms with van der Waals surface area (Å²) in [5.41, 5.74) is 2.45. The lowest BCUT2D eigenvalue weighted by Crippen LogP contribution is -2.40. The van der Waals surface area contributed by atoms with Gasteiger partial charge in [-0.15, -0.1) is 0 Å². The van der Waals surface area contributed by atoms with Crippen molar-refractivity contribution in [2.75, 3.05) is 5.01 Å². The molecule has 1 aliphatic rings. The molecule has 19 heavy (non-hydrogen) atoms. The van der Waals surface area contributed by atoms with Crippen LogP contribution in [0.3, 0.4) is 0 Å². The van der Waals surface area contributed by atoms with E-state index in [1.807, 2.05) is 6.92 Å². The fourth-order valence-corrected chi connectivity index (χ4v) is 1.92. The molecule has 7 heteroatoms. The van der Waals surface area contributed by atoms with E-state index >= 15 is 0 Å². The fourth-order valence-electron chi connectivity index (χ4n) is 1.92. The number of benzene rings is 1. The molecule has 7 nitrogen and oxygen atoms in total. The highest BCUT2D eigenvalue weighted by Crippen LogP contribution is 2.39. The van der Waals surface area contributed by atoms with Crippen LogP contribution in [0.2, 0.25) is 0 Å². The number of anilines is 1. The van der Waals surface area contributed by atoms with E-state index in [0.29, 0.717) is 6.42 Å². The van der Waals surface area contributed by atoms with Crippen LogP contribution in [0.1, 0.15) is 32.6 Å². The molecule has 0 saturated carbocycles. The Bertz CT molecular complexity index is 504. The Morgan fingerprint density at radius 3 is 2.95 bits per heavy atom. The van der Waals surface area contributed by atoms with Gasteiger partial charge in [-0.05, 0) is 12.5 Å². The molecule has 0 fully saturated rings. The van der Waals surface area contributed by atoms with E-state index in [0.717, 1.165) is 24.3 Å². The summed E-state index contributed by atoms with van der Waals surface area (Å²) in [7, 11) is 0. The van der Waals surface area contributed by atoms with Crippen LogP contribution in [0.5, 0.6) is 5.75 Å². The molecule has 0 unspecified atom stereocenters. The van der Waals surface area contributed by atoms with Crippen molar-refractivity contribution in [3.05, 3.63) is 28.3 Å². The first kappa shape index (κ1) is 13.3. The first-order valence-electron chi connectivity index (χ1n) is 6.18. The molecule has 0 bridgehead atoms. The molecule has 1 heterocycles. The first-order chi connectivity index (χ1) is 9.15. The maximum absolute atomic E-state index is 12.0. The van der Waals surface area contributed by atoms with Gasteiger partial charge in [0.15, 0.2) is 11.4 Å². The number of hydrogen-bond donors (Lipinski definition) is 1.